The number of fused-ring (bicyclic) bond motifs is 5. The summed E-state index contributed by atoms with van der Waals surface area (Å²) in [4.78, 5) is 37.3. The van der Waals surface area contributed by atoms with Crippen molar-refractivity contribution < 1.29 is 23.5 Å². The number of nitrogens with zero attached hydrogens (tertiary/aromatic N) is 2. The number of hydrogen-bond acceptors (Lipinski definition) is 6. The SMILES string of the molecule is COC(=O)c1ccccc1-c1ccc(C=NN2C(=O)[C@@H]3[C@H](C2=O)[C@H]2C=C[C@H]3C2)o1. The Labute approximate surface area is 166 Å². The minimum absolute atomic E-state index is 0.145. The van der Waals surface area contributed by atoms with Crippen LogP contribution >= 0.6 is 0 Å². The third-order valence-corrected chi connectivity index (χ3v) is 5.97. The van der Waals surface area contributed by atoms with Crippen LogP contribution in [0.25, 0.3) is 11.3 Å². The summed E-state index contributed by atoms with van der Waals surface area (Å²) in [6.45, 7) is 0. The van der Waals surface area contributed by atoms with Crippen LogP contribution in [0.4, 0.5) is 0 Å². The number of ether oxygens (including phenoxy) is 1. The summed E-state index contributed by atoms with van der Waals surface area (Å²) in [5, 5.41) is 5.09. The van der Waals surface area contributed by atoms with Crippen molar-refractivity contribution in [2.45, 2.75) is 6.42 Å². The highest BCUT2D eigenvalue weighted by atomic mass is 16.5. The summed E-state index contributed by atoms with van der Waals surface area (Å²) in [5.74, 6) is -0.382. The first-order valence-electron chi connectivity index (χ1n) is 9.46. The Balaban J connectivity index is 1.38. The van der Waals surface area contributed by atoms with Crippen LogP contribution in [0.5, 0.6) is 0 Å². The van der Waals surface area contributed by atoms with E-state index >= 15 is 0 Å². The van der Waals surface area contributed by atoms with Gasteiger partial charge in [0, 0.05) is 5.56 Å². The normalized spacial score (nSPS) is 27.3. The lowest BCUT2D eigenvalue weighted by Crippen LogP contribution is -2.28. The molecule has 2 aliphatic carbocycles. The molecule has 7 nitrogen and oxygen atoms in total. The first-order chi connectivity index (χ1) is 14.1. The Bertz CT molecular complexity index is 1050. The van der Waals surface area contributed by atoms with Crippen LogP contribution in [0.1, 0.15) is 22.5 Å². The molecule has 1 saturated carbocycles. The topological polar surface area (TPSA) is 89.2 Å². The summed E-state index contributed by atoms with van der Waals surface area (Å²) in [6, 6.07) is 10.3. The van der Waals surface area contributed by atoms with Crippen molar-refractivity contribution >= 4 is 24.0 Å². The third kappa shape index (κ3) is 2.65. The van der Waals surface area contributed by atoms with Crippen LogP contribution in [0, 0.1) is 23.7 Å². The number of imide groups is 1. The van der Waals surface area contributed by atoms with Crippen molar-refractivity contribution in [3.05, 3.63) is 59.9 Å². The molecule has 1 aromatic heterocycles. The fraction of sp³-hybridized carbons (Fsp3) is 0.273. The molecule has 0 radical (unpaired) electrons. The van der Waals surface area contributed by atoms with Gasteiger partial charge in [-0.1, -0.05) is 30.4 Å². The number of hydrogen-bond donors (Lipinski definition) is 0. The predicted molar refractivity (Wildman–Crippen MR) is 103 cm³/mol. The molecule has 0 unspecified atom stereocenters. The van der Waals surface area contributed by atoms with Gasteiger partial charge in [-0.15, -0.1) is 0 Å². The van der Waals surface area contributed by atoms with E-state index in [9.17, 15) is 14.4 Å². The third-order valence-electron chi connectivity index (χ3n) is 5.97. The second-order valence-electron chi connectivity index (χ2n) is 7.47. The Hall–Kier alpha value is -3.48. The summed E-state index contributed by atoms with van der Waals surface area (Å²) in [6.07, 6.45) is 6.32. The number of rotatable bonds is 4. The molecule has 2 fully saturated rings. The van der Waals surface area contributed by atoms with Crippen molar-refractivity contribution in [3.8, 4) is 11.3 Å². The van der Waals surface area contributed by atoms with Crippen LogP contribution < -0.4 is 0 Å². The fourth-order valence-electron chi connectivity index (χ4n) is 4.67. The van der Waals surface area contributed by atoms with E-state index in [1.807, 2.05) is 12.2 Å². The molecule has 2 amide bonds. The molecule has 4 atom stereocenters. The number of amides is 2. The molecule has 2 bridgehead atoms. The maximum absolute atomic E-state index is 12.7. The molecule has 1 aromatic carbocycles. The Morgan fingerprint density at radius 3 is 2.48 bits per heavy atom. The molecule has 7 heteroatoms. The van der Waals surface area contributed by atoms with Crippen molar-refractivity contribution in [2.24, 2.45) is 28.8 Å². The molecule has 0 spiro atoms. The van der Waals surface area contributed by atoms with Gasteiger partial charge < -0.3 is 9.15 Å². The largest absolute Gasteiger partial charge is 0.465 e. The molecular weight excluding hydrogens is 372 g/mol. The number of esters is 1. The van der Waals surface area contributed by atoms with Gasteiger partial charge >= 0.3 is 5.97 Å². The molecule has 1 saturated heterocycles. The molecular formula is C22H18N2O5. The first-order valence-corrected chi connectivity index (χ1v) is 9.46. The average molecular weight is 390 g/mol. The lowest BCUT2D eigenvalue weighted by atomic mass is 9.85. The Kier molecular flexibility index (Phi) is 3.97. The molecule has 29 heavy (non-hydrogen) atoms. The summed E-state index contributed by atoms with van der Waals surface area (Å²) in [7, 11) is 1.32. The predicted octanol–water partition coefficient (Wildman–Crippen LogP) is 2.87. The standard InChI is InChI=1S/C22H18N2O5/c1-28-22(27)16-5-3-2-4-15(16)17-9-8-14(29-17)11-23-24-20(25)18-12-6-7-13(10-12)19(18)21(24)26/h2-9,11-13,18-19H,10H2,1H3/t12-,13-,18-,19+/m0/s1. The number of hydrazone groups is 1. The Morgan fingerprint density at radius 2 is 1.79 bits per heavy atom. The van der Waals surface area contributed by atoms with Crippen molar-refractivity contribution in [1.82, 2.24) is 5.01 Å². The average Bonchev–Trinajstić information content (AvgIpc) is 3.51. The van der Waals surface area contributed by atoms with Crippen molar-refractivity contribution in [3.63, 3.8) is 0 Å². The van der Waals surface area contributed by atoms with E-state index in [2.05, 4.69) is 5.10 Å². The number of allylic oxidation sites excluding steroid dienone is 2. The number of methoxy groups -OCH3 is 1. The van der Waals surface area contributed by atoms with Crippen LogP contribution in [0.2, 0.25) is 0 Å². The molecule has 5 rings (SSSR count). The van der Waals surface area contributed by atoms with Gasteiger partial charge in [-0.25, -0.2) is 4.79 Å². The van der Waals surface area contributed by atoms with Gasteiger partial charge in [-0.3, -0.25) is 9.59 Å². The van der Waals surface area contributed by atoms with Gasteiger partial charge in [0.25, 0.3) is 11.8 Å². The second-order valence-corrected chi connectivity index (χ2v) is 7.47. The van der Waals surface area contributed by atoms with E-state index in [0.29, 0.717) is 22.6 Å². The first kappa shape index (κ1) is 17.6. The van der Waals surface area contributed by atoms with Crippen molar-refractivity contribution in [2.75, 3.05) is 7.11 Å². The van der Waals surface area contributed by atoms with E-state index in [4.69, 9.17) is 9.15 Å². The zero-order valence-corrected chi connectivity index (χ0v) is 15.6. The highest BCUT2D eigenvalue weighted by Gasteiger charge is 2.59. The summed E-state index contributed by atoms with van der Waals surface area (Å²) >= 11 is 0. The molecule has 1 aliphatic heterocycles. The summed E-state index contributed by atoms with van der Waals surface area (Å²) in [5.41, 5.74) is 0.970. The van der Waals surface area contributed by atoms with Crippen LogP contribution in [-0.4, -0.2) is 36.1 Å². The highest BCUT2D eigenvalue weighted by Crippen LogP contribution is 2.52. The minimum atomic E-state index is -0.463. The zero-order valence-electron chi connectivity index (χ0n) is 15.6. The van der Waals surface area contributed by atoms with Gasteiger partial charge in [-0.05, 0) is 36.5 Å². The zero-order chi connectivity index (χ0) is 20.1. The summed E-state index contributed by atoms with van der Waals surface area (Å²) < 4.78 is 10.6. The van der Waals surface area contributed by atoms with E-state index in [-0.39, 0.29) is 35.5 Å². The monoisotopic (exact) mass is 390 g/mol. The highest BCUT2D eigenvalue weighted by molar-refractivity contribution is 6.06. The lowest BCUT2D eigenvalue weighted by molar-refractivity contribution is -0.140. The molecule has 2 aromatic rings. The van der Waals surface area contributed by atoms with E-state index in [1.54, 1.807) is 36.4 Å². The second kappa shape index (κ2) is 6.55. The number of furan rings is 1. The number of carbonyl (C=O) groups excluding carboxylic acids is 3. The van der Waals surface area contributed by atoms with Gasteiger partial charge in [0.05, 0.1) is 30.7 Å². The Morgan fingerprint density at radius 1 is 1.10 bits per heavy atom. The van der Waals surface area contributed by atoms with E-state index in [0.717, 1.165) is 11.4 Å². The van der Waals surface area contributed by atoms with Gasteiger partial charge in [0.1, 0.15) is 11.5 Å². The molecule has 0 N–H and O–H groups in total. The van der Waals surface area contributed by atoms with Gasteiger partial charge in [0.2, 0.25) is 0 Å². The van der Waals surface area contributed by atoms with Crippen LogP contribution in [-0.2, 0) is 14.3 Å². The van der Waals surface area contributed by atoms with Crippen LogP contribution in [0.3, 0.4) is 0 Å². The number of carbonyl (C=O) groups is 3. The smallest absolute Gasteiger partial charge is 0.338 e. The van der Waals surface area contributed by atoms with Gasteiger partial charge in [0.15, 0.2) is 0 Å². The van der Waals surface area contributed by atoms with Crippen molar-refractivity contribution in [1.29, 1.82) is 0 Å². The van der Waals surface area contributed by atoms with E-state index < -0.39 is 5.97 Å². The van der Waals surface area contributed by atoms with E-state index in [1.165, 1.54) is 13.3 Å². The van der Waals surface area contributed by atoms with Crippen LogP contribution in [0.15, 0.2) is 58.1 Å². The molecule has 3 aliphatic rings. The van der Waals surface area contributed by atoms with Gasteiger partial charge in [-0.2, -0.15) is 10.1 Å². The minimum Gasteiger partial charge on any atom is -0.465 e. The lowest BCUT2D eigenvalue weighted by Gasteiger charge is -2.13. The molecule has 146 valence electrons. The number of benzene rings is 1. The quantitative estimate of drug-likeness (QED) is 0.347. The maximum atomic E-state index is 12.7. The maximum Gasteiger partial charge on any atom is 0.338 e. The fourth-order valence-corrected chi connectivity index (χ4v) is 4.67. The molecule has 2 heterocycles.